The van der Waals surface area contributed by atoms with Gasteiger partial charge in [0.05, 0.1) is 5.56 Å². The van der Waals surface area contributed by atoms with Crippen molar-refractivity contribution in [2.75, 3.05) is 6.54 Å². The maximum Gasteiger partial charge on any atom is 0.254 e. The average molecular weight is 228 g/mol. The Kier molecular flexibility index (Phi) is 3.59. The molecule has 3 N–H and O–H groups in total. The van der Waals surface area contributed by atoms with Crippen LogP contribution in [0.15, 0.2) is 18.2 Å². The van der Waals surface area contributed by atoms with E-state index >= 15 is 0 Å². The third kappa shape index (κ3) is 3.00. The van der Waals surface area contributed by atoms with Gasteiger partial charge in [-0.3, -0.25) is 4.79 Å². The number of hydrogen-bond acceptors (Lipinski definition) is 2. The molecule has 0 saturated heterocycles. The zero-order valence-electron chi connectivity index (χ0n) is 9.18. The molecule has 1 rings (SSSR count). The van der Waals surface area contributed by atoms with Crippen LogP contribution in [0.4, 0.5) is 8.78 Å². The van der Waals surface area contributed by atoms with Gasteiger partial charge in [0.15, 0.2) is 0 Å². The van der Waals surface area contributed by atoms with Gasteiger partial charge in [-0.2, -0.15) is 0 Å². The van der Waals surface area contributed by atoms with Gasteiger partial charge in [0.25, 0.3) is 5.91 Å². The van der Waals surface area contributed by atoms with E-state index in [4.69, 9.17) is 5.73 Å². The minimum atomic E-state index is -0.758. The standard InChI is InChI=1S/C11H14F2N2O/c1-11(2,6-14)15-10(16)8-5-7(12)3-4-9(8)13/h3-5H,6,14H2,1-2H3,(H,15,16). The van der Waals surface area contributed by atoms with Gasteiger partial charge in [-0.1, -0.05) is 0 Å². The normalized spacial score (nSPS) is 11.3. The lowest BCUT2D eigenvalue weighted by atomic mass is 10.1. The molecule has 0 spiro atoms. The minimum Gasteiger partial charge on any atom is -0.346 e. The first-order chi connectivity index (χ1) is 7.35. The summed E-state index contributed by atoms with van der Waals surface area (Å²) in [5.74, 6) is -2.09. The first kappa shape index (κ1) is 12.6. The molecule has 0 aliphatic heterocycles. The molecule has 1 amide bonds. The van der Waals surface area contributed by atoms with Crippen LogP contribution in [0.2, 0.25) is 0 Å². The summed E-state index contributed by atoms with van der Waals surface area (Å²) >= 11 is 0. The Labute approximate surface area is 92.6 Å². The average Bonchev–Trinajstić information content (AvgIpc) is 2.21. The Balaban J connectivity index is 2.93. The highest BCUT2D eigenvalue weighted by Gasteiger charge is 2.21. The zero-order valence-corrected chi connectivity index (χ0v) is 9.18. The van der Waals surface area contributed by atoms with Crippen molar-refractivity contribution in [2.45, 2.75) is 19.4 Å². The first-order valence-corrected chi connectivity index (χ1v) is 4.83. The summed E-state index contributed by atoms with van der Waals surface area (Å²) in [6.07, 6.45) is 0. The van der Waals surface area contributed by atoms with Crippen LogP contribution in [0.25, 0.3) is 0 Å². The van der Waals surface area contributed by atoms with Gasteiger partial charge >= 0.3 is 0 Å². The fourth-order valence-electron chi connectivity index (χ4n) is 1.10. The second kappa shape index (κ2) is 4.57. The van der Waals surface area contributed by atoms with Gasteiger partial charge in [0.1, 0.15) is 11.6 Å². The molecule has 88 valence electrons. The SMILES string of the molecule is CC(C)(CN)NC(=O)c1cc(F)ccc1F. The molecule has 1 aromatic carbocycles. The van der Waals surface area contributed by atoms with Crippen LogP contribution in [0.5, 0.6) is 0 Å². The fraction of sp³-hybridized carbons (Fsp3) is 0.364. The van der Waals surface area contributed by atoms with Crippen LogP contribution in [-0.4, -0.2) is 18.0 Å². The summed E-state index contributed by atoms with van der Waals surface area (Å²) in [4.78, 5) is 11.6. The van der Waals surface area contributed by atoms with Crippen molar-refractivity contribution in [2.24, 2.45) is 5.73 Å². The van der Waals surface area contributed by atoms with Crippen LogP contribution < -0.4 is 11.1 Å². The molecule has 0 fully saturated rings. The zero-order chi connectivity index (χ0) is 12.3. The van der Waals surface area contributed by atoms with Gasteiger partial charge in [-0.05, 0) is 32.0 Å². The van der Waals surface area contributed by atoms with Crippen molar-refractivity contribution in [1.82, 2.24) is 5.32 Å². The van der Waals surface area contributed by atoms with E-state index in [9.17, 15) is 13.6 Å². The van der Waals surface area contributed by atoms with E-state index in [1.54, 1.807) is 13.8 Å². The second-order valence-electron chi connectivity index (χ2n) is 4.17. The molecule has 16 heavy (non-hydrogen) atoms. The summed E-state index contributed by atoms with van der Waals surface area (Å²) < 4.78 is 26.1. The molecular weight excluding hydrogens is 214 g/mol. The molecule has 0 aliphatic carbocycles. The van der Waals surface area contributed by atoms with E-state index in [0.717, 1.165) is 18.2 Å². The fourth-order valence-corrected chi connectivity index (χ4v) is 1.10. The number of carbonyl (C=O) groups is 1. The van der Waals surface area contributed by atoms with E-state index in [2.05, 4.69) is 5.32 Å². The van der Waals surface area contributed by atoms with Crippen molar-refractivity contribution in [1.29, 1.82) is 0 Å². The molecule has 0 heterocycles. The Bertz CT molecular complexity index is 405. The topological polar surface area (TPSA) is 55.1 Å². The van der Waals surface area contributed by atoms with Crippen LogP contribution in [0, 0.1) is 11.6 Å². The van der Waals surface area contributed by atoms with Gasteiger partial charge < -0.3 is 11.1 Å². The predicted octanol–water partition coefficient (Wildman–Crippen LogP) is 1.43. The van der Waals surface area contributed by atoms with Crippen molar-refractivity contribution in [3.8, 4) is 0 Å². The molecule has 0 radical (unpaired) electrons. The summed E-state index contributed by atoms with van der Waals surface area (Å²) in [5.41, 5.74) is 4.44. The number of nitrogens with two attached hydrogens (primary N) is 1. The molecule has 0 saturated carbocycles. The van der Waals surface area contributed by atoms with Gasteiger partial charge in [-0.25, -0.2) is 8.78 Å². The molecule has 0 bridgehead atoms. The Morgan fingerprint density at radius 1 is 1.44 bits per heavy atom. The van der Waals surface area contributed by atoms with Crippen LogP contribution >= 0.6 is 0 Å². The number of halogens is 2. The number of rotatable bonds is 3. The van der Waals surface area contributed by atoms with E-state index < -0.39 is 23.1 Å². The van der Waals surface area contributed by atoms with Crippen molar-refractivity contribution >= 4 is 5.91 Å². The van der Waals surface area contributed by atoms with Gasteiger partial charge in [0.2, 0.25) is 0 Å². The van der Waals surface area contributed by atoms with E-state index in [-0.39, 0.29) is 12.1 Å². The highest BCUT2D eigenvalue weighted by molar-refractivity contribution is 5.94. The number of hydrogen-bond donors (Lipinski definition) is 2. The Morgan fingerprint density at radius 2 is 2.06 bits per heavy atom. The third-order valence-electron chi connectivity index (χ3n) is 2.14. The molecule has 5 heteroatoms. The largest absolute Gasteiger partial charge is 0.346 e. The Hall–Kier alpha value is -1.49. The number of benzene rings is 1. The summed E-state index contributed by atoms with van der Waals surface area (Å²) in [6.45, 7) is 3.60. The quantitative estimate of drug-likeness (QED) is 0.822. The van der Waals surface area contributed by atoms with Gasteiger partial charge in [-0.15, -0.1) is 0 Å². The number of nitrogens with one attached hydrogen (secondary N) is 1. The Morgan fingerprint density at radius 3 is 2.62 bits per heavy atom. The lowest BCUT2D eigenvalue weighted by Gasteiger charge is -2.24. The van der Waals surface area contributed by atoms with E-state index in [0.29, 0.717) is 0 Å². The summed E-state index contributed by atoms with van der Waals surface area (Å²) in [7, 11) is 0. The lowest BCUT2D eigenvalue weighted by molar-refractivity contribution is 0.0911. The minimum absolute atomic E-state index is 0.204. The van der Waals surface area contributed by atoms with Crippen molar-refractivity contribution in [3.63, 3.8) is 0 Å². The summed E-state index contributed by atoms with van der Waals surface area (Å²) in [6, 6.07) is 2.73. The predicted molar refractivity (Wildman–Crippen MR) is 57.0 cm³/mol. The van der Waals surface area contributed by atoms with Gasteiger partial charge in [0, 0.05) is 12.1 Å². The van der Waals surface area contributed by atoms with E-state index in [1.165, 1.54) is 0 Å². The summed E-state index contributed by atoms with van der Waals surface area (Å²) in [5, 5.41) is 2.52. The maximum absolute atomic E-state index is 13.2. The molecule has 3 nitrogen and oxygen atoms in total. The molecule has 0 atom stereocenters. The molecule has 0 aromatic heterocycles. The highest BCUT2D eigenvalue weighted by atomic mass is 19.1. The maximum atomic E-state index is 13.2. The van der Waals surface area contributed by atoms with E-state index in [1.807, 2.05) is 0 Å². The third-order valence-corrected chi connectivity index (χ3v) is 2.14. The lowest BCUT2D eigenvalue weighted by Crippen LogP contribution is -2.49. The second-order valence-corrected chi connectivity index (χ2v) is 4.17. The van der Waals surface area contributed by atoms with Crippen LogP contribution in [0.1, 0.15) is 24.2 Å². The number of amides is 1. The van der Waals surface area contributed by atoms with Crippen LogP contribution in [-0.2, 0) is 0 Å². The first-order valence-electron chi connectivity index (χ1n) is 4.83. The molecular formula is C11H14F2N2O. The number of carbonyl (C=O) groups excluding carboxylic acids is 1. The molecule has 1 aromatic rings. The smallest absolute Gasteiger partial charge is 0.254 e. The molecule has 0 unspecified atom stereocenters. The van der Waals surface area contributed by atoms with Crippen molar-refractivity contribution < 1.29 is 13.6 Å². The monoisotopic (exact) mass is 228 g/mol. The molecule has 0 aliphatic rings. The van der Waals surface area contributed by atoms with Crippen LogP contribution in [0.3, 0.4) is 0 Å². The highest BCUT2D eigenvalue weighted by Crippen LogP contribution is 2.11. The van der Waals surface area contributed by atoms with Crippen molar-refractivity contribution in [3.05, 3.63) is 35.4 Å².